The minimum atomic E-state index is -1.29. The molecule has 0 aromatic heterocycles. The van der Waals surface area contributed by atoms with Gasteiger partial charge in [0.15, 0.2) is 6.29 Å². The van der Waals surface area contributed by atoms with E-state index in [1.165, 1.54) is 16.7 Å². The molecule has 6 N–H and O–H groups in total. The van der Waals surface area contributed by atoms with Crippen molar-refractivity contribution in [1.29, 1.82) is 0 Å². The molecule has 0 radical (unpaired) electrons. The highest BCUT2D eigenvalue weighted by Crippen LogP contribution is 2.66. The highest BCUT2D eigenvalue weighted by molar-refractivity contribution is 5.38. The minimum Gasteiger partial charge on any atom is -0.393 e. The largest absolute Gasteiger partial charge is 0.393 e. The molecule has 0 spiro atoms. The molecule has 42 heavy (non-hydrogen) atoms. The summed E-state index contributed by atoms with van der Waals surface area (Å²) in [5.41, 5.74) is 3.75. The number of fused-ring (bicyclic) bond motifs is 4. The lowest BCUT2D eigenvalue weighted by Crippen LogP contribution is -2.53. The van der Waals surface area contributed by atoms with Gasteiger partial charge in [-0.2, -0.15) is 0 Å². The lowest BCUT2D eigenvalue weighted by atomic mass is 9.48. The molecule has 240 valence electrons. The van der Waals surface area contributed by atoms with Gasteiger partial charge in [-0.3, -0.25) is 0 Å². The molecule has 0 aromatic rings. The molecule has 4 aliphatic carbocycles. The Kier molecular flexibility index (Phi) is 9.70. The van der Waals surface area contributed by atoms with E-state index in [0.717, 1.165) is 44.9 Å². The van der Waals surface area contributed by atoms with Gasteiger partial charge in [0, 0.05) is 0 Å². The molecule has 4 fully saturated rings. The fraction of sp³-hybridized carbons (Fsp3) is 0.882. The molecule has 5 aliphatic rings. The van der Waals surface area contributed by atoms with E-state index in [9.17, 15) is 30.6 Å². The molecular weight excluding hydrogens is 536 g/mol. The van der Waals surface area contributed by atoms with Crippen LogP contribution in [0, 0.1) is 40.4 Å². The Morgan fingerprint density at radius 3 is 2.43 bits per heavy atom. The second-order valence-electron chi connectivity index (χ2n) is 15.2. The SMILES string of the molecule is CC(C)/C(=C/CO[C@@H]1OC[C@@H](O)[C@H](O)[C@H]1O)CC[C@@H](C)[C@H]1C[C@@H](O)C2=C3C[C@H](O)C4C[C@@H](O)CC[C@]4(C)[C@H]3CC[C@@]21C. The third kappa shape index (κ3) is 5.80. The molecule has 1 heterocycles. The maximum absolute atomic E-state index is 11.5. The molecule has 13 atom stereocenters. The molecule has 1 aliphatic heterocycles. The number of hydrogen-bond donors (Lipinski definition) is 6. The summed E-state index contributed by atoms with van der Waals surface area (Å²) in [7, 11) is 0. The van der Waals surface area contributed by atoms with Gasteiger partial charge >= 0.3 is 0 Å². The summed E-state index contributed by atoms with van der Waals surface area (Å²) in [5.74, 6) is 1.62. The van der Waals surface area contributed by atoms with Crippen LogP contribution in [0.5, 0.6) is 0 Å². The Labute approximate surface area is 251 Å². The van der Waals surface area contributed by atoms with E-state index in [1.54, 1.807) is 0 Å². The zero-order chi connectivity index (χ0) is 30.6. The molecule has 5 rings (SSSR count). The Morgan fingerprint density at radius 2 is 1.71 bits per heavy atom. The van der Waals surface area contributed by atoms with Crippen molar-refractivity contribution >= 4 is 0 Å². The van der Waals surface area contributed by atoms with Crippen LogP contribution in [0.2, 0.25) is 0 Å². The monoisotopic (exact) mass is 592 g/mol. The maximum atomic E-state index is 11.5. The number of allylic oxidation sites excluding steroid dienone is 1. The van der Waals surface area contributed by atoms with Gasteiger partial charge in [-0.05, 0) is 104 Å². The Bertz CT molecular complexity index is 1030. The predicted molar refractivity (Wildman–Crippen MR) is 159 cm³/mol. The van der Waals surface area contributed by atoms with Gasteiger partial charge in [-0.15, -0.1) is 0 Å². The first kappa shape index (κ1) is 32.6. The molecule has 3 saturated carbocycles. The summed E-state index contributed by atoms with van der Waals surface area (Å²) in [5, 5.41) is 62.9. The van der Waals surface area contributed by atoms with Gasteiger partial charge in [-0.25, -0.2) is 0 Å². The zero-order valence-corrected chi connectivity index (χ0v) is 26.3. The number of ether oxygens (including phenoxy) is 2. The van der Waals surface area contributed by atoms with Crippen molar-refractivity contribution in [2.45, 2.75) is 135 Å². The first-order chi connectivity index (χ1) is 19.8. The van der Waals surface area contributed by atoms with Gasteiger partial charge in [0.05, 0.1) is 31.5 Å². The van der Waals surface area contributed by atoms with Gasteiger partial charge in [0.1, 0.15) is 18.3 Å². The van der Waals surface area contributed by atoms with Crippen molar-refractivity contribution in [3.63, 3.8) is 0 Å². The van der Waals surface area contributed by atoms with Crippen LogP contribution in [0.25, 0.3) is 0 Å². The Balaban J connectivity index is 1.26. The normalized spacial score (nSPS) is 46.8. The van der Waals surface area contributed by atoms with Crippen LogP contribution in [-0.4, -0.2) is 86.8 Å². The van der Waals surface area contributed by atoms with E-state index < -0.39 is 36.8 Å². The van der Waals surface area contributed by atoms with Crippen molar-refractivity contribution in [3.05, 3.63) is 22.8 Å². The molecular formula is C34H56O8. The fourth-order valence-corrected chi connectivity index (χ4v) is 9.88. The zero-order valence-electron chi connectivity index (χ0n) is 26.3. The topological polar surface area (TPSA) is 140 Å². The summed E-state index contributed by atoms with van der Waals surface area (Å²) in [6.07, 6.45) is 4.07. The van der Waals surface area contributed by atoms with E-state index in [2.05, 4.69) is 40.7 Å². The second kappa shape index (κ2) is 12.5. The molecule has 8 heteroatoms. The Morgan fingerprint density at radius 1 is 0.976 bits per heavy atom. The molecule has 1 unspecified atom stereocenters. The van der Waals surface area contributed by atoms with Gasteiger partial charge < -0.3 is 40.1 Å². The first-order valence-electron chi connectivity index (χ1n) is 16.5. The van der Waals surface area contributed by atoms with Crippen molar-refractivity contribution in [1.82, 2.24) is 0 Å². The van der Waals surface area contributed by atoms with Crippen LogP contribution >= 0.6 is 0 Å². The number of hydrogen-bond acceptors (Lipinski definition) is 8. The summed E-state index contributed by atoms with van der Waals surface area (Å²) in [6.45, 7) is 11.5. The van der Waals surface area contributed by atoms with Crippen LogP contribution in [-0.2, 0) is 9.47 Å². The van der Waals surface area contributed by atoms with Gasteiger partial charge in [0.2, 0.25) is 0 Å². The van der Waals surface area contributed by atoms with Gasteiger partial charge in [-0.1, -0.05) is 51.8 Å². The summed E-state index contributed by atoms with van der Waals surface area (Å²) in [6, 6.07) is 0. The maximum Gasteiger partial charge on any atom is 0.186 e. The predicted octanol–water partition coefficient (Wildman–Crippen LogP) is 3.47. The van der Waals surface area contributed by atoms with Crippen LogP contribution in [0.4, 0.5) is 0 Å². The van der Waals surface area contributed by atoms with Crippen molar-refractivity contribution in [3.8, 4) is 0 Å². The summed E-state index contributed by atoms with van der Waals surface area (Å²) >= 11 is 0. The standard InChI is InChI=1S/C34H56O8/c1-18(2)20(10-13-41-32-31(40)30(39)28(38)17-42-32)7-6-19(3)24-16-27(37)29-22-15-26(36)25-14-21(35)8-11-33(25,4)23(22)9-12-34(24,29)5/h10,18-19,21,23-28,30-32,35-40H,6-9,11-17H2,1-5H3/b20-10+/t19-,21+,23+,24-,25?,26+,27-,28-,30+,31-,32-,33-,34-/m1/s1. The lowest BCUT2D eigenvalue weighted by Gasteiger charge is -2.58. The minimum absolute atomic E-state index is 0.0143. The summed E-state index contributed by atoms with van der Waals surface area (Å²) in [4.78, 5) is 0. The van der Waals surface area contributed by atoms with E-state index in [-0.39, 0.29) is 36.1 Å². The first-order valence-corrected chi connectivity index (χ1v) is 16.5. The quantitative estimate of drug-likeness (QED) is 0.236. The van der Waals surface area contributed by atoms with E-state index in [0.29, 0.717) is 36.5 Å². The third-order valence-corrected chi connectivity index (χ3v) is 12.4. The van der Waals surface area contributed by atoms with Crippen molar-refractivity contribution in [2.24, 2.45) is 40.4 Å². The number of aliphatic hydroxyl groups excluding tert-OH is 6. The van der Waals surface area contributed by atoms with Crippen molar-refractivity contribution in [2.75, 3.05) is 13.2 Å². The van der Waals surface area contributed by atoms with Gasteiger partial charge in [0.25, 0.3) is 0 Å². The van der Waals surface area contributed by atoms with E-state index >= 15 is 0 Å². The molecule has 0 amide bonds. The molecule has 0 aromatic carbocycles. The van der Waals surface area contributed by atoms with E-state index in [4.69, 9.17) is 9.47 Å². The average Bonchev–Trinajstić information content (AvgIpc) is 3.21. The number of aliphatic hydroxyl groups is 6. The lowest BCUT2D eigenvalue weighted by molar-refractivity contribution is -0.266. The third-order valence-electron chi connectivity index (χ3n) is 12.4. The van der Waals surface area contributed by atoms with Crippen LogP contribution < -0.4 is 0 Å². The van der Waals surface area contributed by atoms with Crippen LogP contribution in [0.15, 0.2) is 22.8 Å². The van der Waals surface area contributed by atoms with Crippen molar-refractivity contribution < 1.29 is 40.1 Å². The second-order valence-corrected chi connectivity index (χ2v) is 15.2. The van der Waals surface area contributed by atoms with Crippen LogP contribution in [0.1, 0.15) is 92.4 Å². The summed E-state index contributed by atoms with van der Waals surface area (Å²) < 4.78 is 11.1. The molecule has 8 nitrogen and oxygen atoms in total. The number of rotatable bonds is 8. The highest BCUT2D eigenvalue weighted by atomic mass is 16.7. The molecule has 0 bridgehead atoms. The van der Waals surface area contributed by atoms with Crippen LogP contribution in [0.3, 0.4) is 0 Å². The smallest absolute Gasteiger partial charge is 0.186 e. The Hall–Kier alpha value is -0.840. The average molecular weight is 593 g/mol. The molecule has 1 saturated heterocycles. The fourth-order valence-electron chi connectivity index (χ4n) is 9.88. The highest BCUT2D eigenvalue weighted by Gasteiger charge is 2.59. The van der Waals surface area contributed by atoms with E-state index in [1.807, 2.05) is 0 Å².